The van der Waals surface area contributed by atoms with Gasteiger partial charge in [0.25, 0.3) is 11.5 Å². The van der Waals surface area contributed by atoms with Gasteiger partial charge >= 0.3 is 0 Å². The summed E-state index contributed by atoms with van der Waals surface area (Å²) in [7, 11) is 0. The van der Waals surface area contributed by atoms with Crippen LogP contribution >= 0.6 is 0 Å². The lowest BCUT2D eigenvalue weighted by Crippen LogP contribution is -2.29. The largest absolute Gasteiger partial charge is 0.396 e. The fourth-order valence-corrected chi connectivity index (χ4v) is 4.20. The van der Waals surface area contributed by atoms with Crippen molar-refractivity contribution in [3.05, 3.63) is 112 Å². The number of hydrogen-bond acceptors (Lipinski definition) is 4. The number of rotatable bonds is 6. The van der Waals surface area contributed by atoms with Crippen LogP contribution in [0.1, 0.15) is 28.5 Å². The molecule has 0 bridgehead atoms. The van der Waals surface area contributed by atoms with E-state index < -0.39 is 23.3 Å². The van der Waals surface area contributed by atoms with Gasteiger partial charge < -0.3 is 15.4 Å². The molecule has 1 atom stereocenters. The molecule has 0 aliphatic rings. The maximum absolute atomic E-state index is 13.3. The SMILES string of the molecule is [C-]#[N+]c1c(C(=O)N[C@H](CCO)c2ccc(F)cc2)nn2cc(-c3ccc4ccccc4c3)[nH]c(=O)c12. The Morgan fingerprint density at radius 1 is 1.14 bits per heavy atom. The summed E-state index contributed by atoms with van der Waals surface area (Å²) in [6, 6.07) is 18.5. The molecule has 5 aromatic rings. The molecule has 0 radical (unpaired) electrons. The van der Waals surface area contributed by atoms with Crippen molar-refractivity contribution >= 4 is 27.9 Å². The molecule has 0 aliphatic heterocycles. The highest BCUT2D eigenvalue weighted by atomic mass is 19.1. The molecule has 0 saturated carbocycles. The Morgan fingerprint density at radius 3 is 2.61 bits per heavy atom. The van der Waals surface area contributed by atoms with Crippen LogP contribution in [-0.2, 0) is 0 Å². The molecule has 0 spiro atoms. The number of amides is 1. The first kappa shape index (κ1) is 23.0. The molecule has 3 aromatic carbocycles. The minimum atomic E-state index is -0.681. The van der Waals surface area contributed by atoms with Gasteiger partial charge in [-0.3, -0.25) is 9.59 Å². The molecule has 9 heteroatoms. The Morgan fingerprint density at radius 2 is 1.89 bits per heavy atom. The van der Waals surface area contributed by atoms with Crippen molar-refractivity contribution in [3.63, 3.8) is 0 Å². The molecule has 0 fully saturated rings. The molecule has 5 rings (SSSR count). The number of aromatic nitrogens is 3. The van der Waals surface area contributed by atoms with E-state index in [2.05, 4.69) is 20.2 Å². The first-order chi connectivity index (χ1) is 17.5. The van der Waals surface area contributed by atoms with Crippen LogP contribution < -0.4 is 10.9 Å². The summed E-state index contributed by atoms with van der Waals surface area (Å²) in [5.41, 5.74) is 0.829. The Kier molecular flexibility index (Phi) is 6.02. The highest BCUT2D eigenvalue weighted by Crippen LogP contribution is 2.27. The van der Waals surface area contributed by atoms with Crippen molar-refractivity contribution in [2.24, 2.45) is 0 Å². The molecule has 178 valence electrons. The summed E-state index contributed by atoms with van der Waals surface area (Å²) in [4.78, 5) is 32.3. The second-order valence-electron chi connectivity index (χ2n) is 8.25. The van der Waals surface area contributed by atoms with Gasteiger partial charge in [0, 0.05) is 12.2 Å². The first-order valence-corrected chi connectivity index (χ1v) is 11.2. The Balaban J connectivity index is 1.54. The van der Waals surface area contributed by atoms with E-state index in [4.69, 9.17) is 6.57 Å². The number of hydrogen-bond donors (Lipinski definition) is 3. The molecule has 3 N–H and O–H groups in total. The van der Waals surface area contributed by atoms with Gasteiger partial charge in [-0.15, -0.1) is 0 Å². The quantitative estimate of drug-likeness (QED) is 0.313. The molecule has 1 amide bonds. The number of benzene rings is 3. The van der Waals surface area contributed by atoms with Crippen LogP contribution in [0.3, 0.4) is 0 Å². The normalized spacial score (nSPS) is 11.9. The van der Waals surface area contributed by atoms with Gasteiger partial charge in [0.15, 0.2) is 5.69 Å². The Bertz CT molecular complexity index is 1700. The highest BCUT2D eigenvalue weighted by molar-refractivity contribution is 6.02. The highest BCUT2D eigenvalue weighted by Gasteiger charge is 2.25. The van der Waals surface area contributed by atoms with Crippen LogP contribution in [0.5, 0.6) is 0 Å². The molecule has 36 heavy (non-hydrogen) atoms. The zero-order valence-electron chi connectivity index (χ0n) is 18.9. The second kappa shape index (κ2) is 9.44. The lowest BCUT2D eigenvalue weighted by molar-refractivity contribution is 0.0925. The minimum absolute atomic E-state index is 0.0415. The number of carbonyl (C=O) groups excluding carboxylic acids is 1. The van der Waals surface area contributed by atoms with Gasteiger partial charge in [0.2, 0.25) is 5.69 Å². The molecule has 0 saturated heterocycles. The molecule has 0 unspecified atom stereocenters. The zero-order chi connectivity index (χ0) is 25.2. The summed E-state index contributed by atoms with van der Waals surface area (Å²) in [6.45, 7) is 7.37. The lowest BCUT2D eigenvalue weighted by Gasteiger charge is -2.18. The van der Waals surface area contributed by atoms with E-state index in [-0.39, 0.29) is 29.9 Å². The smallest absolute Gasteiger partial charge is 0.263 e. The topological polar surface area (TPSA) is 104 Å². The number of nitrogens with one attached hydrogen (secondary N) is 2. The van der Waals surface area contributed by atoms with Gasteiger partial charge in [-0.05, 0) is 41.0 Å². The molecule has 8 nitrogen and oxygen atoms in total. The zero-order valence-corrected chi connectivity index (χ0v) is 18.9. The number of carbonyl (C=O) groups is 1. The third-order valence-electron chi connectivity index (χ3n) is 5.98. The molecular formula is C27H20FN5O3. The maximum Gasteiger partial charge on any atom is 0.263 e. The minimum Gasteiger partial charge on any atom is -0.396 e. The number of aliphatic hydroxyl groups excluding tert-OH is 1. The summed E-state index contributed by atoms with van der Waals surface area (Å²) in [5.74, 6) is -1.11. The average molecular weight is 481 g/mol. The summed E-state index contributed by atoms with van der Waals surface area (Å²) < 4.78 is 14.6. The monoisotopic (exact) mass is 481 g/mol. The Hall–Kier alpha value is -4.81. The summed E-state index contributed by atoms with van der Waals surface area (Å²) >= 11 is 0. The van der Waals surface area contributed by atoms with Crippen LogP contribution in [0.25, 0.3) is 32.4 Å². The van der Waals surface area contributed by atoms with E-state index >= 15 is 0 Å². The van der Waals surface area contributed by atoms with Gasteiger partial charge in [-0.2, -0.15) is 5.10 Å². The number of aliphatic hydroxyl groups is 1. The van der Waals surface area contributed by atoms with E-state index in [1.807, 2.05) is 42.5 Å². The third kappa shape index (κ3) is 4.21. The molecule has 0 aliphatic carbocycles. The predicted octanol–water partition coefficient (Wildman–Crippen LogP) is 4.39. The second-order valence-corrected chi connectivity index (χ2v) is 8.25. The summed E-state index contributed by atoms with van der Waals surface area (Å²) in [6.07, 6.45) is 1.74. The van der Waals surface area contributed by atoms with Crippen LogP contribution in [0, 0.1) is 12.4 Å². The first-order valence-electron chi connectivity index (χ1n) is 11.2. The van der Waals surface area contributed by atoms with E-state index in [1.54, 1.807) is 6.20 Å². The fourth-order valence-electron chi connectivity index (χ4n) is 4.20. The van der Waals surface area contributed by atoms with Crippen LogP contribution in [0.15, 0.2) is 77.7 Å². The third-order valence-corrected chi connectivity index (χ3v) is 5.98. The standard InChI is InChI=1S/C27H20FN5O3/c1-29-23-24(26(35)30-21(12-13-34)17-8-10-20(28)11-9-17)32-33-15-22(31-27(36)25(23)33)19-7-6-16-4-2-3-5-18(16)14-19/h2-11,14-15,21,34H,12-13H2,(H,30,35)(H,31,36)/t21-/m1/s1. The number of nitrogens with zero attached hydrogens (tertiary/aromatic N) is 3. The van der Waals surface area contributed by atoms with Crippen molar-refractivity contribution in [2.75, 3.05) is 6.61 Å². The van der Waals surface area contributed by atoms with Crippen LogP contribution in [0.2, 0.25) is 0 Å². The summed E-state index contributed by atoms with van der Waals surface area (Å²) in [5, 5.41) is 18.5. The van der Waals surface area contributed by atoms with E-state index in [0.717, 1.165) is 16.3 Å². The van der Waals surface area contributed by atoms with E-state index in [0.29, 0.717) is 11.3 Å². The van der Waals surface area contributed by atoms with Crippen molar-refractivity contribution < 1.29 is 14.3 Å². The number of halogens is 1. The molecule has 2 aromatic heterocycles. The van der Waals surface area contributed by atoms with Gasteiger partial charge in [-0.25, -0.2) is 13.8 Å². The maximum atomic E-state index is 13.3. The van der Waals surface area contributed by atoms with Crippen molar-refractivity contribution in [1.29, 1.82) is 0 Å². The van der Waals surface area contributed by atoms with Crippen molar-refractivity contribution in [1.82, 2.24) is 19.9 Å². The molecule has 2 heterocycles. The molecular weight excluding hydrogens is 461 g/mol. The number of aromatic amines is 1. The van der Waals surface area contributed by atoms with Crippen molar-refractivity contribution in [2.45, 2.75) is 12.5 Å². The van der Waals surface area contributed by atoms with Gasteiger partial charge in [0.1, 0.15) is 11.3 Å². The Labute approximate surface area is 204 Å². The number of fused-ring (bicyclic) bond motifs is 2. The lowest BCUT2D eigenvalue weighted by atomic mass is 10.0. The van der Waals surface area contributed by atoms with Gasteiger partial charge in [0.05, 0.1) is 24.5 Å². The van der Waals surface area contributed by atoms with E-state index in [9.17, 15) is 19.1 Å². The van der Waals surface area contributed by atoms with Crippen LogP contribution in [0.4, 0.5) is 10.1 Å². The number of H-pyrrole nitrogens is 1. The average Bonchev–Trinajstić information content (AvgIpc) is 3.28. The van der Waals surface area contributed by atoms with Gasteiger partial charge in [-0.1, -0.05) is 48.5 Å². The van der Waals surface area contributed by atoms with Crippen molar-refractivity contribution in [3.8, 4) is 11.3 Å². The predicted molar refractivity (Wildman–Crippen MR) is 133 cm³/mol. The fraction of sp³-hybridized carbons (Fsp3) is 0.111. The van der Waals surface area contributed by atoms with Crippen LogP contribution in [-0.4, -0.2) is 32.2 Å². The van der Waals surface area contributed by atoms with E-state index in [1.165, 1.54) is 28.8 Å².